The number of carbonyl (C=O) groups excluding carboxylic acids is 1. The molecule has 1 fully saturated rings. The maximum Gasteiger partial charge on any atom is 0.255 e. The molecule has 104 valence electrons. The van der Waals surface area contributed by atoms with Gasteiger partial charge in [0.15, 0.2) is 0 Å². The molecule has 5 heteroatoms. The molecule has 0 aromatic heterocycles. The number of likely N-dealkylation sites (N-methyl/N-ethyl adjacent to an activating group) is 1. The van der Waals surface area contributed by atoms with Gasteiger partial charge in [-0.25, -0.2) is 0 Å². The number of piperazine rings is 1. The van der Waals surface area contributed by atoms with Crippen molar-refractivity contribution < 1.29 is 4.79 Å². The van der Waals surface area contributed by atoms with E-state index in [2.05, 4.69) is 27.9 Å². The molecule has 2 rings (SSSR count). The van der Waals surface area contributed by atoms with E-state index in [1.54, 1.807) is 0 Å². The zero-order chi connectivity index (χ0) is 14.0. The van der Waals surface area contributed by atoms with E-state index in [1.165, 1.54) is 0 Å². The van der Waals surface area contributed by atoms with E-state index in [0.29, 0.717) is 6.54 Å². The lowest BCUT2D eigenvalue weighted by Gasteiger charge is -2.39. The minimum Gasteiger partial charge on any atom is -0.332 e. The SMILES string of the molecule is Cc1cccc(C(=O)N2CCN(C)CC2CN)c1Br. The zero-order valence-electron chi connectivity index (χ0n) is 11.4. The van der Waals surface area contributed by atoms with E-state index in [1.807, 2.05) is 30.0 Å². The van der Waals surface area contributed by atoms with Gasteiger partial charge in [-0.3, -0.25) is 4.79 Å². The molecule has 0 aliphatic carbocycles. The van der Waals surface area contributed by atoms with Crippen molar-refractivity contribution in [3.05, 3.63) is 33.8 Å². The number of nitrogens with two attached hydrogens (primary N) is 1. The molecule has 19 heavy (non-hydrogen) atoms. The number of amides is 1. The number of hydrogen-bond acceptors (Lipinski definition) is 3. The molecular formula is C14H20BrN3O. The van der Waals surface area contributed by atoms with Crippen LogP contribution in [-0.4, -0.2) is 55.0 Å². The van der Waals surface area contributed by atoms with Crippen LogP contribution in [0.5, 0.6) is 0 Å². The Morgan fingerprint density at radius 3 is 2.89 bits per heavy atom. The second-order valence-electron chi connectivity index (χ2n) is 5.09. The molecule has 1 amide bonds. The van der Waals surface area contributed by atoms with Crippen LogP contribution < -0.4 is 5.73 Å². The van der Waals surface area contributed by atoms with E-state index < -0.39 is 0 Å². The van der Waals surface area contributed by atoms with Crippen LogP contribution in [0.1, 0.15) is 15.9 Å². The van der Waals surface area contributed by atoms with Gasteiger partial charge >= 0.3 is 0 Å². The lowest BCUT2D eigenvalue weighted by atomic mass is 10.1. The maximum atomic E-state index is 12.7. The van der Waals surface area contributed by atoms with E-state index in [0.717, 1.165) is 35.2 Å². The summed E-state index contributed by atoms with van der Waals surface area (Å²) >= 11 is 3.51. The van der Waals surface area contributed by atoms with Crippen LogP contribution in [0.15, 0.2) is 22.7 Å². The largest absolute Gasteiger partial charge is 0.332 e. The van der Waals surface area contributed by atoms with Crippen molar-refractivity contribution in [1.82, 2.24) is 9.80 Å². The van der Waals surface area contributed by atoms with Crippen LogP contribution in [-0.2, 0) is 0 Å². The van der Waals surface area contributed by atoms with Crippen LogP contribution in [0.4, 0.5) is 0 Å². The quantitative estimate of drug-likeness (QED) is 0.895. The maximum absolute atomic E-state index is 12.7. The monoisotopic (exact) mass is 325 g/mol. The third-order valence-corrected chi connectivity index (χ3v) is 4.69. The number of aryl methyl sites for hydroxylation is 1. The van der Waals surface area contributed by atoms with E-state index >= 15 is 0 Å². The summed E-state index contributed by atoms with van der Waals surface area (Å²) in [6.45, 7) is 4.96. The average Bonchev–Trinajstić information content (AvgIpc) is 2.41. The Morgan fingerprint density at radius 1 is 1.47 bits per heavy atom. The van der Waals surface area contributed by atoms with Gasteiger partial charge in [0.2, 0.25) is 0 Å². The van der Waals surface area contributed by atoms with Crippen LogP contribution >= 0.6 is 15.9 Å². The molecule has 1 aromatic carbocycles. The van der Waals surface area contributed by atoms with Crippen molar-refractivity contribution in [2.24, 2.45) is 5.73 Å². The van der Waals surface area contributed by atoms with Gasteiger partial charge in [-0.15, -0.1) is 0 Å². The number of hydrogen-bond donors (Lipinski definition) is 1. The molecule has 1 aromatic rings. The van der Waals surface area contributed by atoms with Crippen molar-refractivity contribution in [3.8, 4) is 0 Å². The summed E-state index contributed by atoms with van der Waals surface area (Å²) in [7, 11) is 2.06. The van der Waals surface area contributed by atoms with Crippen LogP contribution in [0.25, 0.3) is 0 Å². The summed E-state index contributed by atoms with van der Waals surface area (Å²) in [6, 6.07) is 5.87. The summed E-state index contributed by atoms with van der Waals surface area (Å²) in [6.07, 6.45) is 0. The fourth-order valence-corrected chi connectivity index (χ4v) is 2.88. The Labute approximate surface area is 122 Å². The Hall–Kier alpha value is -0.910. The third-order valence-electron chi connectivity index (χ3n) is 3.64. The fourth-order valence-electron chi connectivity index (χ4n) is 2.45. The first-order chi connectivity index (χ1) is 9.04. The highest BCUT2D eigenvalue weighted by molar-refractivity contribution is 9.10. The van der Waals surface area contributed by atoms with Gasteiger partial charge in [0.1, 0.15) is 0 Å². The van der Waals surface area contributed by atoms with Gasteiger partial charge in [-0.05, 0) is 41.5 Å². The predicted octanol–water partition coefficient (Wildman–Crippen LogP) is 1.47. The standard InChI is InChI=1S/C14H20BrN3O/c1-10-4-3-5-12(13(10)15)14(19)18-7-6-17(2)9-11(18)8-16/h3-5,11H,6-9,16H2,1-2H3. The smallest absolute Gasteiger partial charge is 0.255 e. The first kappa shape index (κ1) is 14.5. The van der Waals surface area contributed by atoms with Crippen molar-refractivity contribution in [1.29, 1.82) is 0 Å². The van der Waals surface area contributed by atoms with Gasteiger partial charge in [0.25, 0.3) is 5.91 Å². The fraction of sp³-hybridized carbons (Fsp3) is 0.500. The number of carbonyl (C=O) groups is 1. The first-order valence-electron chi connectivity index (χ1n) is 6.49. The predicted molar refractivity (Wildman–Crippen MR) is 80.3 cm³/mol. The number of nitrogens with zero attached hydrogens (tertiary/aromatic N) is 2. The third kappa shape index (κ3) is 2.99. The minimum atomic E-state index is 0.0686. The highest BCUT2D eigenvalue weighted by Crippen LogP contribution is 2.23. The molecule has 0 radical (unpaired) electrons. The summed E-state index contributed by atoms with van der Waals surface area (Å²) in [5.41, 5.74) is 7.61. The Bertz CT molecular complexity index is 478. The summed E-state index contributed by atoms with van der Waals surface area (Å²) in [5, 5.41) is 0. The molecule has 4 nitrogen and oxygen atoms in total. The van der Waals surface area contributed by atoms with Gasteiger partial charge in [0, 0.05) is 30.7 Å². The second-order valence-corrected chi connectivity index (χ2v) is 5.88. The number of benzene rings is 1. The molecule has 1 atom stereocenters. The number of rotatable bonds is 2. The Kier molecular flexibility index (Phi) is 4.60. The molecule has 1 aliphatic rings. The van der Waals surface area contributed by atoms with Crippen molar-refractivity contribution >= 4 is 21.8 Å². The first-order valence-corrected chi connectivity index (χ1v) is 7.28. The molecule has 2 N–H and O–H groups in total. The highest BCUT2D eigenvalue weighted by Gasteiger charge is 2.29. The molecule has 1 saturated heterocycles. The molecular weight excluding hydrogens is 306 g/mol. The summed E-state index contributed by atoms with van der Waals surface area (Å²) < 4.78 is 0.884. The Morgan fingerprint density at radius 2 is 2.21 bits per heavy atom. The summed E-state index contributed by atoms with van der Waals surface area (Å²) in [5.74, 6) is 0.0686. The van der Waals surface area contributed by atoms with Crippen LogP contribution in [0, 0.1) is 6.92 Å². The lowest BCUT2D eigenvalue weighted by molar-refractivity contribution is 0.0515. The van der Waals surface area contributed by atoms with E-state index in [-0.39, 0.29) is 11.9 Å². The van der Waals surface area contributed by atoms with Gasteiger partial charge in [-0.2, -0.15) is 0 Å². The van der Waals surface area contributed by atoms with Crippen LogP contribution in [0.3, 0.4) is 0 Å². The lowest BCUT2D eigenvalue weighted by Crippen LogP contribution is -2.56. The van der Waals surface area contributed by atoms with E-state index in [9.17, 15) is 4.79 Å². The Balaban J connectivity index is 2.25. The molecule has 1 aliphatic heterocycles. The van der Waals surface area contributed by atoms with Crippen molar-refractivity contribution in [2.45, 2.75) is 13.0 Å². The second kappa shape index (κ2) is 6.03. The summed E-state index contributed by atoms with van der Waals surface area (Å²) in [4.78, 5) is 16.8. The minimum absolute atomic E-state index is 0.0686. The van der Waals surface area contributed by atoms with Gasteiger partial charge < -0.3 is 15.5 Å². The zero-order valence-corrected chi connectivity index (χ0v) is 13.0. The topological polar surface area (TPSA) is 49.6 Å². The van der Waals surface area contributed by atoms with E-state index in [4.69, 9.17) is 5.73 Å². The normalized spacial score (nSPS) is 20.6. The highest BCUT2D eigenvalue weighted by atomic mass is 79.9. The van der Waals surface area contributed by atoms with Gasteiger partial charge in [0.05, 0.1) is 11.6 Å². The number of halogens is 1. The van der Waals surface area contributed by atoms with Gasteiger partial charge in [-0.1, -0.05) is 12.1 Å². The average molecular weight is 326 g/mol. The molecule has 0 spiro atoms. The molecule has 1 heterocycles. The molecule has 0 bridgehead atoms. The van der Waals surface area contributed by atoms with Crippen LogP contribution in [0.2, 0.25) is 0 Å². The molecule has 1 unspecified atom stereocenters. The van der Waals surface area contributed by atoms with Crippen molar-refractivity contribution in [3.63, 3.8) is 0 Å². The van der Waals surface area contributed by atoms with Crippen molar-refractivity contribution in [2.75, 3.05) is 33.2 Å². The molecule has 0 saturated carbocycles.